The first-order valence-electron chi connectivity index (χ1n) is 24.8. The highest BCUT2D eigenvalue weighted by Gasteiger charge is 2.12. The molecule has 0 saturated heterocycles. The Morgan fingerprint density at radius 3 is 0.810 bits per heavy atom. The number of ether oxygens (including phenoxy) is 4. The van der Waals surface area contributed by atoms with Gasteiger partial charge in [-0.25, -0.2) is 0 Å². The molecule has 0 fully saturated rings. The van der Waals surface area contributed by atoms with E-state index in [9.17, 15) is 28.8 Å². The molecule has 0 aliphatic heterocycles. The summed E-state index contributed by atoms with van der Waals surface area (Å²) in [6.07, 6.45) is 33.6. The topological polar surface area (TPSA) is 139 Å². The summed E-state index contributed by atoms with van der Waals surface area (Å²) in [6, 6.07) is 10.7. The molecule has 10 nitrogen and oxygen atoms in total. The molecule has 0 unspecified atom stereocenters. The fourth-order valence-corrected chi connectivity index (χ4v) is 7.38. The van der Waals surface area contributed by atoms with Crippen molar-refractivity contribution < 1.29 is 38.1 Å². The van der Waals surface area contributed by atoms with Gasteiger partial charge < -0.3 is 18.9 Å². The molecule has 0 amide bonds. The van der Waals surface area contributed by atoms with Crippen LogP contribution in [0, 0.1) is 0 Å². The van der Waals surface area contributed by atoms with E-state index < -0.39 is 34.7 Å². The van der Waals surface area contributed by atoms with Crippen LogP contribution in [0.3, 0.4) is 0 Å². The Labute approximate surface area is 378 Å². The lowest BCUT2D eigenvalue weighted by atomic mass is 10.0. The van der Waals surface area contributed by atoms with Crippen molar-refractivity contribution in [1.29, 1.82) is 0 Å². The van der Waals surface area contributed by atoms with Crippen LogP contribution in [0.1, 0.15) is 226 Å². The molecule has 0 aliphatic rings. The van der Waals surface area contributed by atoms with Gasteiger partial charge in [0.05, 0.1) is 0 Å². The Hall–Kier alpha value is -4.34. The van der Waals surface area contributed by atoms with Crippen molar-refractivity contribution in [2.45, 2.75) is 226 Å². The molecule has 2 rings (SSSR count). The van der Waals surface area contributed by atoms with E-state index in [4.69, 9.17) is 18.9 Å². The molecular weight excluding hydrogens is 797 g/mol. The summed E-state index contributed by atoms with van der Waals surface area (Å²) in [4.78, 5) is 74.7. The van der Waals surface area contributed by atoms with Gasteiger partial charge in [-0.05, 0) is 74.2 Å². The van der Waals surface area contributed by atoms with E-state index >= 15 is 0 Å². The van der Waals surface area contributed by atoms with Crippen LogP contribution in [0.15, 0.2) is 58.1 Å². The molecule has 0 N–H and O–H groups in total. The summed E-state index contributed by atoms with van der Waals surface area (Å²) < 4.78 is 21.4. The average molecular weight is 877 g/mol. The number of hydrogen-bond acceptors (Lipinski definition) is 10. The molecule has 0 atom stereocenters. The van der Waals surface area contributed by atoms with Crippen LogP contribution in [-0.4, -0.2) is 23.9 Å². The third kappa shape index (κ3) is 29.6. The van der Waals surface area contributed by atoms with Crippen molar-refractivity contribution in [1.82, 2.24) is 0 Å². The van der Waals surface area contributed by atoms with Gasteiger partial charge in [0.25, 0.3) is 0 Å². The Balaban J connectivity index is 1.57. The largest absolute Gasteiger partial charge is 0.427 e. The zero-order valence-corrected chi connectivity index (χ0v) is 39.0. The molecule has 0 aromatic heterocycles. The quantitative estimate of drug-likeness (QED) is 0.0473. The van der Waals surface area contributed by atoms with Crippen molar-refractivity contribution in [3.63, 3.8) is 0 Å². The number of unbranched alkanes of at least 4 members (excludes halogenated alkanes) is 26. The number of hydrogen-bond donors (Lipinski definition) is 0. The van der Waals surface area contributed by atoms with E-state index in [0.717, 1.165) is 25.7 Å². The maximum absolute atomic E-state index is 12.5. The third-order valence-electron chi connectivity index (χ3n) is 11.2. The molecule has 0 spiro atoms. The summed E-state index contributed by atoms with van der Waals surface area (Å²) in [7, 11) is 0. The predicted octanol–water partition coefficient (Wildman–Crippen LogP) is 13.6. The Bertz CT molecular complexity index is 1570. The van der Waals surface area contributed by atoms with E-state index in [1.165, 1.54) is 177 Å². The van der Waals surface area contributed by atoms with Crippen LogP contribution in [0.5, 0.6) is 23.0 Å². The summed E-state index contributed by atoms with van der Waals surface area (Å²) >= 11 is 0. The maximum Gasteiger partial charge on any atom is 0.311 e. The monoisotopic (exact) mass is 877 g/mol. The van der Waals surface area contributed by atoms with E-state index in [-0.39, 0.29) is 48.7 Å². The maximum atomic E-state index is 12.5. The van der Waals surface area contributed by atoms with Gasteiger partial charge >= 0.3 is 23.9 Å². The molecule has 0 heterocycles. The number of rotatable bonds is 38. The molecule has 2 aromatic carbocycles. The van der Waals surface area contributed by atoms with Crippen molar-refractivity contribution in [2.75, 3.05) is 0 Å². The smallest absolute Gasteiger partial charge is 0.311 e. The number of carbonyl (C=O) groups excluding carboxylic acids is 4. The van der Waals surface area contributed by atoms with Crippen LogP contribution in [0.2, 0.25) is 0 Å². The molecule has 0 saturated carbocycles. The summed E-state index contributed by atoms with van der Waals surface area (Å²) in [5, 5.41) is 0. The van der Waals surface area contributed by atoms with Crippen molar-refractivity contribution in [3.05, 3.63) is 69.0 Å². The van der Waals surface area contributed by atoms with Gasteiger partial charge in [0.1, 0.15) is 11.5 Å². The van der Waals surface area contributed by atoms with Crippen LogP contribution < -0.4 is 29.8 Å². The third-order valence-corrected chi connectivity index (χ3v) is 11.2. The van der Waals surface area contributed by atoms with Gasteiger partial charge in [-0.3, -0.25) is 28.8 Å². The lowest BCUT2D eigenvalue weighted by molar-refractivity contribution is -0.135. The van der Waals surface area contributed by atoms with Gasteiger partial charge in [0.15, 0.2) is 11.5 Å². The van der Waals surface area contributed by atoms with Crippen LogP contribution in [0.4, 0.5) is 0 Å². The molecule has 352 valence electrons. The lowest BCUT2D eigenvalue weighted by Gasteiger charge is -2.04. The van der Waals surface area contributed by atoms with E-state index in [0.29, 0.717) is 32.1 Å². The standard InChI is InChI=1S/C53H80O10/c1-3-5-7-9-11-13-15-17-19-21-23-25-28-34-52(58)62-48-42-38-44(36-40-46(48)54)60-50(56)32-30-27-31-33-51(57)61-45-37-41-47(55)49(43-39-45)63-53(59)35-29-26-24-22-20-18-16-14-12-10-8-6-4-2/h36-43H,3-35H2,1-2H3. The highest BCUT2D eigenvalue weighted by molar-refractivity contribution is 5.74. The summed E-state index contributed by atoms with van der Waals surface area (Å²) in [5.74, 6) is -1.82. The van der Waals surface area contributed by atoms with Crippen molar-refractivity contribution >= 4 is 23.9 Å². The molecule has 10 heteroatoms. The minimum Gasteiger partial charge on any atom is -0.427 e. The number of esters is 4. The highest BCUT2D eigenvalue weighted by atomic mass is 16.5. The van der Waals surface area contributed by atoms with Gasteiger partial charge in [0, 0.05) is 25.7 Å². The van der Waals surface area contributed by atoms with E-state index in [1.54, 1.807) is 0 Å². The van der Waals surface area contributed by atoms with E-state index in [2.05, 4.69) is 13.8 Å². The first kappa shape index (κ1) is 54.8. The number of carbonyl (C=O) groups is 4. The summed E-state index contributed by atoms with van der Waals surface area (Å²) in [5.41, 5.74) is -0.972. The summed E-state index contributed by atoms with van der Waals surface area (Å²) in [6.45, 7) is 4.48. The molecule has 63 heavy (non-hydrogen) atoms. The predicted molar refractivity (Wildman–Crippen MR) is 252 cm³/mol. The van der Waals surface area contributed by atoms with Gasteiger partial charge in [-0.2, -0.15) is 0 Å². The molecule has 0 bridgehead atoms. The molecular formula is C53H80O10. The highest BCUT2D eigenvalue weighted by Crippen LogP contribution is 2.18. The molecule has 0 aliphatic carbocycles. The van der Waals surface area contributed by atoms with E-state index in [1.807, 2.05) is 0 Å². The van der Waals surface area contributed by atoms with Gasteiger partial charge in [-0.15, -0.1) is 0 Å². The second-order valence-electron chi connectivity index (χ2n) is 17.0. The van der Waals surface area contributed by atoms with Crippen LogP contribution in [0.25, 0.3) is 0 Å². The lowest BCUT2D eigenvalue weighted by Crippen LogP contribution is -2.12. The minimum atomic E-state index is -0.497. The molecule has 2 aromatic rings. The van der Waals surface area contributed by atoms with Crippen molar-refractivity contribution in [3.8, 4) is 23.0 Å². The Kier molecular flexibility index (Phi) is 32.2. The minimum absolute atomic E-state index is 0.0977. The second kappa shape index (κ2) is 37.1. The Morgan fingerprint density at radius 1 is 0.302 bits per heavy atom. The van der Waals surface area contributed by atoms with Crippen molar-refractivity contribution in [2.24, 2.45) is 0 Å². The van der Waals surface area contributed by atoms with Gasteiger partial charge in [0.2, 0.25) is 10.9 Å². The first-order chi connectivity index (χ1) is 30.7. The zero-order chi connectivity index (χ0) is 45.6. The first-order valence-corrected chi connectivity index (χ1v) is 24.8. The zero-order valence-electron chi connectivity index (χ0n) is 39.0. The molecule has 0 radical (unpaired) electrons. The van der Waals surface area contributed by atoms with Crippen LogP contribution >= 0.6 is 0 Å². The average Bonchev–Trinajstić information content (AvgIpc) is 3.54. The van der Waals surface area contributed by atoms with Crippen LogP contribution in [-0.2, 0) is 19.2 Å². The second-order valence-corrected chi connectivity index (χ2v) is 17.0. The fraction of sp³-hybridized carbons (Fsp3) is 0.660. The van der Waals surface area contributed by atoms with Gasteiger partial charge in [-0.1, -0.05) is 174 Å². The fourth-order valence-electron chi connectivity index (χ4n) is 7.38. The normalized spacial score (nSPS) is 11.0. The Morgan fingerprint density at radius 2 is 0.524 bits per heavy atom. The SMILES string of the molecule is CCCCCCCCCCCCCCCC(=O)Oc1ccc(OC(=O)CCCCCC(=O)Oc2ccc(OC(=O)CCCCCCCCCCCCCCC)c(=O)cc2)ccc1=O.